The summed E-state index contributed by atoms with van der Waals surface area (Å²) >= 11 is 3.59. The molecular formula is C33H42BrN3O7. The number of halogens is 1. The molecule has 2 N–H and O–H groups in total. The van der Waals surface area contributed by atoms with Crippen LogP contribution in [-0.2, 0) is 28.7 Å². The highest BCUT2D eigenvalue weighted by Crippen LogP contribution is 2.59. The Morgan fingerprint density at radius 3 is 2.52 bits per heavy atom. The summed E-state index contributed by atoms with van der Waals surface area (Å²) in [6, 6.07) is 8.07. The van der Waals surface area contributed by atoms with Gasteiger partial charge in [-0.2, -0.15) is 0 Å². The van der Waals surface area contributed by atoms with Gasteiger partial charge in [0.15, 0.2) is 0 Å². The van der Waals surface area contributed by atoms with Crippen LogP contribution in [0.3, 0.4) is 0 Å². The Kier molecular flexibility index (Phi) is 10.3. The molecule has 0 aliphatic carbocycles. The molecule has 44 heavy (non-hydrogen) atoms. The van der Waals surface area contributed by atoms with Gasteiger partial charge in [0, 0.05) is 36.6 Å². The molecule has 10 nitrogen and oxygen atoms in total. The van der Waals surface area contributed by atoms with Crippen LogP contribution in [0.4, 0.5) is 0 Å². The number of carbonyl (C=O) groups is 4. The number of amides is 3. The number of ether oxygens (including phenoxy) is 2. The highest BCUT2D eigenvalue weighted by molar-refractivity contribution is 9.11. The molecule has 238 valence electrons. The standard InChI is InChI=1S/C33H42BrN3O7/c1-21(2)36-16-11-6-9-15-25(39)35-20-24(22-13-7-5-8-14-22)43-32(42)26-27-30(40)37(17-10-3-4-12-18-38)29(31(36)41)33(27)19-23(34)28(26)44-33/h5-8,11,13-14,19,21,24,26-29,38H,3-4,9-10,12,15-18,20H2,1-2H3,(H,35,39)/b11-6-/t24-,26-,27+,28-,29-,33+/m0/s1. The van der Waals surface area contributed by atoms with Crippen molar-refractivity contribution in [3.05, 3.63) is 58.6 Å². The molecule has 1 aromatic rings. The maximum absolute atomic E-state index is 14.5. The number of unbranched alkanes of at least 4 members (excludes halogenated alkanes) is 3. The summed E-state index contributed by atoms with van der Waals surface area (Å²) in [6.45, 7) is 4.69. The van der Waals surface area contributed by atoms with E-state index in [4.69, 9.17) is 9.47 Å². The Balaban J connectivity index is 1.54. The largest absolute Gasteiger partial charge is 0.455 e. The number of cyclic esters (lactones) is 1. The molecule has 5 bridgehead atoms. The van der Waals surface area contributed by atoms with Gasteiger partial charge < -0.3 is 29.7 Å². The van der Waals surface area contributed by atoms with Crippen LogP contribution in [0.25, 0.3) is 0 Å². The Morgan fingerprint density at radius 2 is 1.80 bits per heavy atom. The fourth-order valence-corrected chi connectivity index (χ4v) is 7.63. The molecule has 11 heteroatoms. The van der Waals surface area contributed by atoms with E-state index >= 15 is 0 Å². The number of nitrogens with zero attached hydrogens (tertiary/aromatic N) is 2. The number of allylic oxidation sites excluding steroid dienone is 1. The van der Waals surface area contributed by atoms with Crippen molar-refractivity contribution in [3.63, 3.8) is 0 Å². The number of aliphatic hydroxyl groups is 1. The maximum Gasteiger partial charge on any atom is 0.313 e. The fourth-order valence-electron chi connectivity index (χ4n) is 6.90. The number of esters is 1. The van der Waals surface area contributed by atoms with Crippen molar-refractivity contribution in [1.29, 1.82) is 0 Å². The predicted octanol–water partition coefficient (Wildman–Crippen LogP) is 3.40. The van der Waals surface area contributed by atoms with E-state index in [1.165, 1.54) is 0 Å². The first-order chi connectivity index (χ1) is 21.2. The Hall–Kier alpha value is -3.02. The number of rotatable bonds is 8. The number of hydrogen-bond donors (Lipinski definition) is 2. The first-order valence-corrected chi connectivity index (χ1v) is 16.4. The van der Waals surface area contributed by atoms with E-state index in [1.54, 1.807) is 9.80 Å². The van der Waals surface area contributed by atoms with Crippen molar-refractivity contribution in [2.45, 2.75) is 82.3 Å². The molecule has 0 unspecified atom stereocenters. The smallest absolute Gasteiger partial charge is 0.313 e. The van der Waals surface area contributed by atoms with E-state index in [0.717, 1.165) is 18.4 Å². The van der Waals surface area contributed by atoms with Crippen LogP contribution in [0.2, 0.25) is 0 Å². The second kappa shape index (κ2) is 14.0. The molecule has 0 aromatic heterocycles. The number of likely N-dealkylation sites (tertiary alicyclic amines) is 1. The third-order valence-electron chi connectivity index (χ3n) is 9.07. The predicted molar refractivity (Wildman–Crippen MR) is 166 cm³/mol. The van der Waals surface area contributed by atoms with Crippen molar-refractivity contribution < 1.29 is 33.8 Å². The number of fused-ring (bicyclic) bond motifs is 2. The SMILES string of the molecule is CC(C)N1C/C=C\CCC(=O)NC[C@@H](c2ccccc2)OC(=O)[C@@H]2[C@H]3O[C@@]4(C=C3Br)[C@H](C1=O)N(CCCCCCO)C(=O)[C@@H]24. The molecule has 3 amide bonds. The van der Waals surface area contributed by atoms with E-state index < -0.39 is 41.7 Å². The van der Waals surface area contributed by atoms with Gasteiger partial charge in [-0.3, -0.25) is 19.2 Å². The molecule has 4 aliphatic rings. The second-order valence-corrected chi connectivity index (χ2v) is 13.1. The third-order valence-corrected chi connectivity index (χ3v) is 9.75. The normalized spacial score (nSPS) is 31.7. The summed E-state index contributed by atoms with van der Waals surface area (Å²) < 4.78 is 13.3. The van der Waals surface area contributed by atoms with E-state index in [2.05, 4.69) is 21.2 Å². The van der Waals surface area contributed by atoms with E-state index in [1.807, 2.05) is 62.4 Å². The molecule has 0 radical (unpaired) electrons. The molecular weight excluding hydrogens is 630 g/mol. The summed E-state index contributed by atoms with van der Waals surface area (Å²) in [7, 11) is 0. The lowest BCUT2D eigenvalue weighted by Crippen LogP contribution is -2.57. The van der Waals surface area contributed by atoms with E-state index in [-0.39, 0.29) is 43.3 Å². The zero-order chi connectivity index (χ0) is 31.4. The number of carbonyl (C=O) groups excluding carboxylic acids is 4. The van der Waals surface area contributed by atoms with Crippen LogP contribution in [0, 0.1) is 11.8 Å². The van der Waals surface area contributed by atoms with Gasteiger partial charge in [-0.15, -0.1) is 0 Å². The molecule has 0 saturated carbocycles. The molecule has 2 fully saturated rings. The second-order valence-electron chi connectivity index (χ2n) is 12.2. The van der Waals surface area contributed by atoms with Gasteiger partial charge in [-0.05, 0) is 44.7 Å². The van der Waals surface area contributed by atoms with Gasteiger partial charge in [-0.1, -0.05) is 71.3 Å². The van der Waals surface area contributed by atoms with Gasteiger partial charge in [0.25, 0.3) is 0 Å². The number of benzene rings is 1. The lowest BCUT2D eigenvalue weighted by molar-refractivity contribution is -0.160. The van der Waals surface area contributed by atoms with Crippen LogP contribution >= 0.6 is 15.9 Å². The van der Waals surface area contributed by atoms with Crippen molar-refractivity contribution >= 4 is 39.6 Å². The monoisotopic (exact) mass is 671 g/mol. The lowest BCUT2D eigenvalue weighted by Gasteiger charge is -2.37. The highest BCUT2D eigenvalue weighted by atomic mass is 79.9. The summed E-state index contributed by atoms with van der Waals surface area (Å²) in [4.78, 5) is 58.9. The van der Waals surface area contributed by atoms with E-state index in [0.29, 0.717) is 36.8 Å². The van der Waals surface area contributed by atoms with Crippen molar-refractivity contribution in [1.82, 2.24) is 15.1 Å². The first kappa shape index (κ1) is 32.4. The summed E-state index contributed by atoms with van der Waals surface area (Å²) in [5.41, 5.74) is -0.608. The quantitative estimate of drug-likeness (QED) is 0.247. The molecule has 2 saturated heterocycles. The topological polar surface area (TPSA) is 125 Å². The maximum atomic E-state index is 14.5. The van der Waals surface area contributed by atoms with Gasteiger partial charge in [-0.25, -0.2) is 0 Å². The molecule has 5 rings (SSSR count). The Labute approximate surface area is 266 Å². The number of hydrogen-bond acceptors (Lipinski definition) is 7. The molecule has 6 atom stereocenters. The molecule has 1 spiro atoms. The Bertz CT molecular complexity index is 1300. The van der Waals surface area contributed by atoms with Gasteiger partial charge in [0.2, 0.25) is 17.7 Å². The highest BCUT2D eigenvalue weighted by Gasteiger charge is 2.74. The van der Waals surface area contributed by atoms with Crippen LogP contribution in [0.5, 0.6) is 0 Å². The minimum absolute atomic E-state index is 0.0828. The zero-order valence-corrected chi connectivity index (χ0v) is 26.9. The summed E-state index contributed by atoms with van der Waals surface area (Å²) in [5.74, 6) is -3.22. The number of nitrogens with one attached hydrogen (secondary N) is 1. The minimum Gasteiger partial charge on any atom is -0.455 e. The van der Waals surface area contributed by atoms with E-state index in [9.17, 15) is 24.3 Å². The first-order valence-electron chi connectivity index (χ1n) is 15.6. The van der Waals surface area contributed by atoms with Crippen molar-refractivity contribution in [2.75, 3.05) is 26.2 Å². The number of aliphatic hydroxyl groups excluding tert-OH is 1. The van der Waals surface area contributed by atoms with Crippen LogP contribution in [-0.4, -0.2) is 88.6 Å². The Morgan fingerprint density at radius 1 is 1.05 bits per heavy atom. The van der Waals surface area contributed by atoms with Crippen LogP contribution in [0.15, 0.2) is 53.0 Å². The molecule has 4 aliphatic heterocycles. The van der Waals surface area contributed by atoms with Gasteiger partial charge in [0.05, 0.1) is 12.5 Å². The van der Waals surface area contributed by atoms with Crippen molar-refractivity contribution in [3.8, 4) is 0 Å². The van der Waals surface area contributed by atoms with Gasteiger partial charge >= 0.3 is 5.97 Å². The summed E-state index contributed by atoms with van der Waals surface area (Å²) in [5, 5.41) is 12.1. The average Bonchev–Trinajstić information content (AvgIpc) is 3.59. The summed E-state index contributed by atoms with van der Waals surface area (Å²) in [6.07, 6.45) is 7.71. The third kappa shape index (κ3) is 6.23. The average molecular weight is 673 g/mol. The molecule has 4 heterocycles. The van der Waals surface area contributed by atoms with Crippen LogP contribution < -0.4 is 5.32 Å². The van der Waals surface area contributed by atoms with Gasteiger partial charge in [0.1, 0.15) is 29.8 Å². The fraction of sp³-hybridized carbons (Fsp3) is 0.576. The minimum atomic E-state index is -1.33. The zero-order valence-electron chi connectivity index (χ0n) is 25.3. The van der Waals surface area contributed by atoms with Crippen LogP contribution in [0.1, 0.15) is 64.0 Å². The lowest BCUT2D eigenvalue weighted by atomic mass is 9.74. The molecule has 1 aromatic carbocycles. The van der Waals surface area contributed by atoms with Crippen molar-refractivity contribution in [2.24, 2.45) is 11.8 Å².